The molecule has 0 aliphatic rings. The summed E-state index contributed by atoms with van der Waals surface area (Å²) < 4.78 is 0. The summed E-state index contributed by atoms with van der Waals surface area (Å²) in [5.74, 6) is -0.965. The van der Waals surface area contributed by atoms with Gasteiger partial charge in [-0.05, 0) is 6.92 Å². The van der Waals surface area contributed by atoms with E-state index < -0.39 is 18.1 Å². The van der Waals surface area contributed by atoms with Gasteiger partial charge in [0.2, 0.25) is 5.91 Å². The smallest absolute Gasteiger partial charge is 0.248 e. The minimum atomic E-state index is -1.55. The van der Waals surface area contributed by atoms with Crippen LogP contribution in [-0.2, 0) is 4.79 Å². The molecule has 1 radical (unpaired) electrons. The second-order valence-electron chi connectivity index (χ2n) is 1.41. The number of carbonyl (C=O) groups excluding carboxylic acids is 1. The van der Waals surface area contributed by atoms with Crippen molar-refractivity contribution in [2.75, 3.05) is 0 Å². The van der Waals surface area contributed by atoms with Gasteiger partial charge in [0.05, 0.1) is 6.10 Å². The van der Waals surface area contributed by atoms with Crippen LogP contribution < -0.4 is 5.73 Å². The highest BCUT2D eigenvalue weighted by Gasteiger charge is 2.15. The summed E-state index contributed by atoms with van der Waals surface area (Å²) in [6.45, 7) is 2.96. The maximum atomic E-state index is 9.91. The second-order valence-corrected chi connectivity index (χ2v) is 1.41. The maximum absolute atomic E-state index is 9.91. The molecule has 0 heterocycles. The van der Waals surface area contributed by atoms with Crippen molar-refractivity contribution in [2.24, 2.45) is 5.73 Å². The minimum Gasteiger partial charge on any atom is -0.390 e. The van der Waals surface area contributed by atoms with Gasteiger partial charge in [0, 0.05) is 0 Å². The summed E-state index contributed by atoms with van der Waals surface area (Å²) in [4.78, 5) is 9.91. The Labute approximate surface area is 46.9 Å². The van der Waals surface area contributed by atoms with Crippen LogP contribution in [0, 0.1) is 6.92 Å². The van der Waals surface area contributed by atoms with E-state index in [1.807, 2.05) is 0 Å². The molecule has 0 saturated carbocycles. The van der Waals surface area contributed by atoms with Crippen molar-refractivity contribution in [3.05, 3.63) is 6.92 Å². The van der Waals surface area contributed by atoms with Gasteiger partial charge in [-0.15, -0.1) is 0 Å². The largest absolute Gasteiger partial charge is 0.390 e. The first-order chi connectivity index (χ1) is 3.55. The predicted molar refractivity (Wildman–Crippen MR) is 26.6 cm³/mol. The first kappa shape index (κ1) is 7.39. The van der Waals surface area contributed by atoms with Crippen molar-refractivity contribution in [3.8, 4) is 0 Å². The Bertz CT molecular complexity index is 91.3. The molecule has 1 amide bonds. The highest BCUT2D eigenvalue weighted by atomic mass is 16.3. The average Bonchev–Trinajstić information content (AvgIpc) is 1.64. The van der Waals surface area contributed by atoms with E-state index in [0.717, 1.165) is 0 Å². The van der Waals surface area contributed by atoms with Crippen LogP contribution in [0.5, 0.6) is 0 Å². The molecule has 4 heteroatoms. The Balaban J connectivity index is 3.64. The van der Waals surface area contributed by atoms with Crippen LogP contribution in [0.2, 0.25) is 0 Å². The van der Waals surface area contributed by atoms with Gasteiger partial charge in [-0.1, -0.05) is 0 Å². The zero-order valence-electron chi connectivity index (χ0n) is 4.24. The molecule has 4 nitrogen and oxygen atoms in total. The first-order valence-corrected chi connectivity index (χ1v) is 2.04. The topological polar surface area (TPSA) is 83.6 Å². The molecule has 0 aliphatic heterocycles. The number of nitrogens with two attached hydrogens (primary N) is 1. The zero-order valence-corrected chi connectivity index (χ0v) is 4.24. The molecule has 0 spiro atoms. The van der Waals surface area contributed by atoms with Crippen LogP contribution in [-0.4, -0.2) is 28.3 Å². The van der Waals surface area contributed by atoms with Gasteiger partial charge >= 0.3 is 0 Å². The summed E-state index contributed by atoms with van der Waals surface area (Å²) >= 11 is 0. The van der Waals surface area contributed by atoms with E-state index in [0.29, 0.717) is 0 Å². The van der Waals surface area contributed by atoms with Crippen molar-refractivity contribution in [3.63, 3.8) is 0 Å². The van der Waals surface area contributed by atoms with E-state index in [1.54, 1.807) is 0 Å². The highest BCUT2D eigenvalue weighted by molar-refractivity contribution is 5.79. The van der Waals surface area contributed by atoms with Crippen molar-refractivity contribution < 1.29 is 15.0 Å². The third-order valence-electron chi connectivity index (χ3n) is 0.656. The van der Waals surface area contributed by atoms with Crippen molar-refractivity contribution in [1.82, 2.24) is 0 Å². The highest BCUT2D eigenvalue weighted by Crippen LogP contribution is 1.87. The molecule has 47 valence electrons. The molecule has 2 atom stereocenters. The zero-order chi connectivity index (χ0) is 6.73. The first-order valence-electron chi connectivity index (χ1n) is 2.04. The molecule has 0 aliphatic carbocycles. The minimum absolute atomic E-state index is 0.965. The van der Waals surface area contributed by atoms with Crippen molar-refractivity contribution in [1.29, 1.82) is 0 Å². The third kappa shape index (κ3) is 1.90. The summed E-state index contributed by atoms with van der Waals surface area (Å²) in [5, 5.41) is 16.7. The lowest BCUT2D eigenvalue weighted by Crippen LogP contribution is -2.37. The number of hydrogen-bond acceptors (Lipinski definition) is 3. The second kappa shape index (κ2) is 2.64. The van der Waals surface area contributed by atoms with Gasteiger partial charge in [0.25, 0.3) is 0 Å². The van der Waals surface area contributed by atoms with E-state index in [4.69, 9.17) is 10.2 Å². The van der Waals surface area contributed by atoms with Crippen LogP contribution in [0.25, 0.3) is 0 Å². The Morgan fingerprint density at radius 2 is 2.00 bits per heavy atom. The summed E-state index contributed by atoms with van der Waals surface area (Å²) in [6.07, 6.45) is -2.87. The molecule has 0 fully saturated rings. The van der Waals surface area contributed by atoms with Gasteiger partial charge in [0.15, 0.2) is 6.10 Å². The van der Waals surface area contributed by atoms with E-state index in [1.165, 1.54) is 0 Å². The fourth-order valence-electron chi connectivity index (χ4n) is 0.190. The lowest BCUT2D eigenvalue weighted by Gasteiger charge is -2.06. The number of rotatable bonds is 2. The lowest BCUT2D eigenvalue weighted by molar-refractivity contribution is -0.130. The van der Waals surface area contributed by atoms with E-state index in [9.17, 15) is 4.79 Å². The van der Waals surface area contributed by atoms with E-state index >= 15 is 0 Å². The van der Waals surface area contributed by atoms with Crippen molar-refractivity contribution in [2.45, 2.75) is 12.2 Å². The maximum Gasteiger partial charge on any atom is 0.248 e. The van der Waals surface area contributed by atoms with Gasteiger partial charge in [0.1, 0.15) is 0 Å². The Morgan fingerprint density at radius 1 is 1.62 bits per heavy atom. The SMILES string of the molecule is [CH2][C@@H](O)[C@@H](O)C(N)=O. The molecule has 0 saturated heterocycles. The fraction of sp³-hybridized carbons (Fsp3) is 0.500. The number of aliphatic hydroxyl groups is 2. The predicted octanol–water partition coefficient (Wildman–Crippen LogP) is -1.97. The number of carbonyl (C=O) groups is 1. The quantitative estimate of drug-likeness (QED) is 0.393. The summed E-state index contributed by atoms with van der Waals surface area (Å²) in [6, 6.07) is 0. The molecule has 4 N–H and O–H groups in total. The molecule has 0 rings (SSSR count). The van der Waals surface area contributed by atoms with Crippen LogP contribution >= 0.6 is 0 Å². The third-order valence-corrected chi connectivity index (χ3v) is 0.656. The standard InChI is InChI=1S/C4H8NO3/c1-2(6)3(7)4(5)8/h2-3,6-7H,1H2,(H2,5,8)/t2-,3-/m1/s1. The van der Waals surface area contributed by atoms with Crippen LogP contribution in [0.4, 0.5) is 0 Å². The van der Waals surface area contributed by atoms with Gasteiger partial charge in [-0.3, -0.25) is 4.79 Å². The molecule has 0 aromatic carbocycles. The fourth-order valence-corrected chi connectivity index (χ4v) is 0.190. The van der Waals surface area contributed by atoms with Gasteiger partial charge in [-0.2, -0.15) is 0 Å². The number of primary amides is 1. The Hall–Kier alpha value is -0.610. The van der Waals surface area contributed by atoms with Crippen LogP contribution in [0.1, 0.15) is 0 Å². The molecule has 0 aromatic rings. The molecule has 0 unspecified atom stereocenters. The van der Waals surface area contributed by atoms with E-state index in [2.05, 4.69) is 12.7 Å². The van der Waals surface area contributed by atoms with Crippen molar-refractivity contribution >= 4 is 5.91 Å². The number of aliphatic hydroxyl groups excluding tert-OH is 2. The molecular formula is C4H8NO3. The molecule has 8 heavy (non-hydrogen) atoms. The van der Waals surface area contributed by atoms with Gasteiger partial charge < -0.3 is 15.9 Å². The van der Waals surface area contributed by atoms with Crippen LogP contribution in [0.15, 0.2) is 0 Å². The Morgan fingerprint density at radius 3 is 2.00 bits per heavy atom. The molecular weight excluding hydrogens is 110 g/mol. The monoisotopic (exact) mass is 118 g/mol. The number of amides is 1. The van der Waals surface area contributed by atoms with Crippen LogP contribution in [0.3, 0.4) is 0 Å². The Kier molecular flexibility index (Phi) is 2.44. The average molecular weight is 118 g/mol. The summed E-state index contributed by atoms with van der Waals surface area (Å²) in [5.41, 5.74) is 4.55. The molecule has 0 aromatic heterocycles. The van der Waals surface area contributed by atoms with E-state index in [-0.39, 0.29) is 0 Å². The normalized spacial score (nSPS) is 17.4. The summed E-state index contributed by atoms with van der Waals surface area (Å²) in [7, 11) is 0. The van der Waals surface area contributed by atoms with Gasteiger partial charge in [-0.25, -0.2) is 0 Å². The molecule has 0 bridgehead atoms. The number of hydrogen-bond donors (Lipinski definition) is 3. The lowest BCUT2D eigenvalue weighted by atomic mass is 10.2.